The second-order valence-corrected chi connectivity index (χ2v) is 5.65. The normalized spacial score (nSPS) is 16.4. The van der Waals surface area contributed by atoms with Crippen molar-refractivity contribution in [2.45, 2.75) is 39.0 Å². The molecule has 2 amide bonds. The number of hydrogen-bond acceptors (Lipinski definition) is 2. The number of carboxylic acid groups (broad SMARTS) is 1. The van der Waals surface area contributed by atoms with Gasteiger partial charge >= 0.3 is 12.0 Å². The molecule has 0 unspecified atom stereocenters. The maximum absolute atomic E-state index is 11.9. The van der Waals surface area contributed by atoms with Gasteiger partial charge in [-0.3, -0.25) is 4.79 Å². The summed E-state index contributed by atoms with van der Waals surface area (Å²) in [7, 11) is 0. The molecule has 1 saturated carbocycles. The fourth-order valence-electron chi connectivity index (χ4n) is 2.81. The predicted molar refractivity (Wildman–Crippen MR) is 81.4 cm³/mol. The van der Waals surface area contributed by atoms with Crippen molar-refractivity contribution in [1.82, 2.24) is 5.32 Å². The zero-order chi connectivity index (χ0) is 15.3. The first-order valence-corrected chi connectivity index (χ1v) is 7.43. The van der Waals surface area contributed by atoms with Gasteiger partial charge in [-0.05, 0) is 37.0 Å². The van der Waals surface area contributed by atoms with E-state index in [2.05, 4.69) is 17.6 Å². The fraction of sp³-hybridized carbons (Fsp3) is 0.500. The molecular formula is C16H22N2O3. The maximum Gasteiger partial charge on any atom is 0.319 e. The minimum Gasteiger partial charge on any atom is -0.481 e. The van der Waals surface area contributed by atoms with E-state index >= 15 is 0 Å². The lowest BCUT2D eigenvalue weighted by molar-refractivity contribution is -0.148. The molecule has 1 aromatic rings. The van der Waals surface area contributed by atoms with Crippen LogP contribution in [0.25, 0.3) is 0 Å². The number of amides is 2. The number of nitrogens with one attached hydrogen (secondary N) is 2. The summed E-state index contributed by atoms with van der Waals surface area (Å²) < 4.78 is 0. The van der Waals surface area contributed by atoms with E-state index in [1.807, 2.05) is 24.3 Å². The Morgan fingerprint density at radius 2 is 2.00 bits per heavy atom. The summed E-state index contributed by atoms with van der Waals surface area (Å²) in [5.74, 6) is -0.812. The van der Waals surface area contributed by atoms with Gasteiger partial charge in [0.2, 0.25) is 0 Å². The number of urea groups is 1. The van der Waals surface area contributed by atoms with Gasteiger partial charge < -0.3 is 15.7 Å². The Balaban J connectivity index is 1.91. The topological polar surface area (TPSA) is 78.4 Å². The molecule has 0 heterocycles. The molecule has 0 spiro atoms. The van der Waals surface area contributed by atoms with E-state index in [9.17, 15) is 14.7 Å². The SMILES string of the molecule is CCc1cccc(NC(=O)NCC2(C(=O)O)CCCC2)c1. The van der Waals surface area contributed by atoms with E-state index in [4.69, 9.17) is 0 Å². The van der Waals surface area contributed by atoms with Gasteiger partial charge in [0.15, 0.2) is 0 Å². The van der Waals surface area contributed by atoms with Gasteiger partial charge in [0.1, 0.15) is 0 Å². The first-order chi connectivity index (χ1) is 10.1. The van der Waals surface area contributed by atoms with Gasteiger partial charge in [-0.1, -0.05) is 31.9 Å². The van der Waals surface area contributed by atoms with Crippen LogP contribution in [0.15, 0.2) is 24.3 Å². The van der Waals surface area contributed by atoms with Gasteiger partial charge in [0, 0.05) is 12.2 Å². The summed E-state index contributed by atoms with van der Waals surface area (Å²) in [6.07, 6.45) is 3.99. The molecule has 1 aliphatic carbocycles. The van der Waals surface area contributed by atoms with Crippen molar-refractivity contribution in [3.8, 4) is 0 Å². The second kappa shape index (κ2) is 6.61. The van der Waals surface area contributed by atoms with E-state index in [-0.39, 0.29) is 12.6 Å². The van der Waals surface area contributed by atoms with Gasteiger partial charge in [-0.2, -0.15) is 0 Å². The van der Waals surface area contributed by atoms with Crippen LogP contribution in [-0.2, 0) is 11.2 Å². The third-order valence-electron chi connectivity index (χ3n) is 4.19. The Hall–Kier alpha value is -2.04. The molecule has 0 atom stereocenters. The Morgan fingerprint density at radius 1 is 1.29 bits per heavy atom. The van der Waals surface area contributed by atoms with E-state index in [0.717, 1.165) is 30.5 Å². The zero-order valence-corrected chi connectivity index (χ0v) is 12.3. The largest absolute Gasteiger partial charge is 0.481 e. The van der Waals surface area contributed by atoms with E-state index in [0.29, 0.717) is 12.8 Å². The minimum absolute atomic E-state index is 0.182. The summed E-state index contributed by atoms with van der Waals surface area (Å²) in [6, 6.07) is 7.28. The molecule has 2 rings (SSSR count). The summed E-state index contributed by atoms with van der Waals surface area (Å²) >= 11 is 0. The number of carboxylic acids is 1. The van der Waals surface area contributed by atoms with Crippen molar-refractivity contribution in [2.75, 3.05) is 11.9 Å². The molecule has 1 aliphatic rings. The Morgan fingerprint density at radius 3 is 2.62 bits per heavy atom. The molecule has 5 heteroatoms. The fourth-order valence-corrected chi connectivity index (χ4v) is 2.81. The van der Waals surface area contributed by atoms with Crippen LogP contribution in [-0.4, -0.2) is 23.7 Å². The molecule has 21 heavy (non-hydrogen) atoms. The van der Waals surface area contributed by atoms with Crippen molar-refractivity contribution in [3.05, 3.63) is 29.8 Å². The van der Waals surface area contributed by atoms with Gasteiger partial charge in [-0.15, -0.1) is 0 Å². The van der Waals surface area contributed by atoms with Crippen molar-refractivity contribution in [2.24, 2.45) is 5.41 Å². The summed E-state index contributed by atoms with van der Waals surface area (Å²) in [5, 5.41) is 14.8. The predicted octanol–water partition coefficient (Wildman–Crippen LogP) is 3.02. The lowest BCUT2D eigenvalue weighted by Crippen LogP contribution is -2.42. The Kier molecular flexibility index (Phi) is 4.83. The summed E-state index contributed by atoms with van der Waals surface area (Å²) in [6.45, 7) is 2.23. The molecular weight excluding hydrogens is 268 g/mol. The van der Waals surface area contributed by atoms with Crippen molar-refractivity contribution in [1.29, 1.82) is 0 Å². The Labute approximate surface area is 124 Å². The number of benzene rings is 1. The number of carbonyl (C=O) groups is 2. The molecule has 0 bridgehead atoms. The molecule has 1 aromatic carbocycles. The Bertz CT molecular complexity index is 522. The lowest BCUT2D eigenvalue weighted by atomic mass is 9.86. The first kappa shape index (κ1) is 15.4. The number of carbonyl (C=O) groups excluding carboxylic acids is 1. The molecule has 0 aromatic heterocycles. The summed E-state index contributed by atoms with van der Waals surface area (Å²) in [5.41, 5.74) is 1.08. The van der Waals surface area contributed by atoms with Crippen LogP contribution in [0.4, 0.5) is 10.5 Å². The van der Waals surface area contributed by atoms with Crippen molar-refractivity contribution >= 4 is 17.7 Å². The molecule has 114 valence electrons. The second-order valence-electron chi connectivity index (χ2n) is 5.65. The van der Waals surface area contributed by atoms with Gasteiger partial charge in [-0.25, -0.2) is 4.79 Å². The van der Waals surface area contributed by atoms with Gasteiger partial charge in [0.05, 0.1) is 5.41 Å². The smallest absolute Gasteiger partial charge is 0.319 e. The highest BCUT2D eigenvalue weighted by molar-refractivity contribution is 5.89. The molecule has 1 fully saturated rings. The highest BCUT2D eigenvalue weighted by Crippen LogP contribution is 2.37. The zero-order valence-electron chi connectivity index (χ0n) is 12.3. The average molecular weight is 290 g/mol. The van der Waals surface area contributed by atoms with Crippen LogP contribution in [0.5, 0.6) is 0 Å². The summed E-state index contributed by atoms with van der Waals surface area (Å²) in [4.78, 5) is 23.3. The van der Waals surface area contributed by atoms with Gasteiger partial charge in [0.25, 0.3) is 0 Å². The molecule has 0 radical (unpaired) electrons. The number of aliphatic carboxylic acids is 1. The van der Waals surface area contributed by atoms with Crippen LogP contribution < -0.4 is 10.6 Å². The number of hydrogen-bond donors (Lipinski definition) is 3. The third kappa shape index (κ3) is 3.74. The molecule has 5 nitrogen and oxygen atoms in total. The van der Waals surface area contributed by atoms with E-state index in [1.165, 1.54) is 0 Å². The lowest BCUT2D eigenvalue weighted by Gasteiger charge is -2.24. The van der Waals surface area contributed by atoms with Crippen LogP contribution in [0.1, 0.15) is 38.2 Å². The van der Waals surface area contributed by atoms with Crippen LogP contribution in [0.2, 0.25) is 0 Å². The maximum atomic E-state index is 11.9. The molecule has 0 saturated heterocycles. The van der Waals surface area contributed by atoms with Crippen LogP contribution in [0, 0.1) is 5.41 Å². The van der Waals surface area contributed by atoms with Crippen molar-refractivity contribution in [3.63, 3.8) is 0 Å². The monoisotopic (exact) mass is 290 g/mol. The third-order valence-corrected chi connectivity index (χ3v) is 4.19. The standard InChI is InChI=1S/C16H22N2O3/c1-2-12-6-5-7-13(10-12)18-15(21)17-11-16(14(19)20)8-3-4-9-16/h5-7,10H,2-4,8-9,11H2,1H3,(H,19,20)(H2,17,18,21). The van der Waals surface area contributed by atoms with E-state index in [1.54, 1.807) is 0 Å². The van der Waals surface area contributed by atoms with E-state index < -0.39 is 11.4 Å². The quantitative estimate of drug-likeness (QED) is 0.780. The highest BCUT2D eigenvalue weighted by Gasteiger charge is 2.41. The minimum atomic E-state index is -0.812. The number of aryl methyl sites for hydroxylation is 1. The number of rotatable bonds is 5. The van der Waals surface area contributed by atoms with Crippen LogP contribution in [0.3, 0.4) is 0 Å². The van der Waals surface area contributed by atoms with Crippen molar-refractivity contribution < 1.29 is 14.7 Å². The highest BCUT2D eigenvalue weighted by atomic mass is 16.4. The molecule has 0 aliphatic heterocycles. The first-order valence-electron chi connectivity index (χ1n) is 7.43. The molecule has 3 N–H and O–H groups in total. The van der Waals surface area contributed by atoms with Crippen LogP contribution >= 0.6 is 0 Å². The average Bonchev–Trinajstić information content (AvgIpc) is 2.95. The number of anilines is 1.